The minimum atomic E-state index is -0.762. The van der Waals surface area contributed by atoms with Crippen LogP contribution in [0.15, 0.2) is 0 Å². The highest BCUT2D eigenvalue weighted by atomic mass is 16.2. The van der Waals surface area contributed by atoms with Crippen molar-refractivity contribution in [3.05, 3.63) is 0 Å². The summed E-state index contributed by atoms with van der Waals surface area (Å²) in [7, 11) is 0. The first-order valence-electron chi connectivity index (χ1n) is 8.52. The first-order valence-corrected chi connectivity index (χ1v) is 8.52. The fraction of sp³-hybridized carbons (Fsp3) is 0.875. The van der Waals surface area contributed by atoms with E-state index in [9.17, 15) is 9.59 Å². The number of amides is 2. The van der Waals surface area contributed by atoms with Crippen LogP contribution < -0.4 is 5.73 Å². The molecule has 2 N–H and O–H groups in total. The molecule has 2 aliphatic rings. The van der Waals surface area contributed by atoms with Crippen LogP contribution in [0.5, 0.6) is 0 Å². The fourth-order valence-corrected chi connectivity index (χ4v) is 3.35. The molecule has 0 aromatic heterocycles. The minimum absolute atomic E-state index is 0.0415. The average molecular weight is 310 g/mol. The number of hydrogen-bond acceptors (Lipinski definition) is 4. The van der Waals surface area contributed by atoms with Gasteiger partial charge in [-0.3, -0.25) is 14.5 Å². The number of hydrogen-bond donors (Lipinski definition) is 1. The van der Waals surface area contributed by atoms with Crippen LogP contribution in [0, 0.1) is 0 Å². The number of carbonyl (C=O) groups excluding carboxylic acids is 2. The summed E-state index contributed by atoms with van der Waals surface area (Å²) < 4.78 is 0. The molecule has 2 heterocycles. The van der Waals surface area contributed by atoms with Crippen LogP contribution in [0.25, 0.3) is 0 Å². The van der Waals surface area contributed by atoms with Crippen molar-refractivity contribution >= 4 is 11.8 Å². The Kier molecular flexibility index (Phi) is 5.81. The van der Waals surface area contributed by atoms with Crippen LogP contribution in [0.4, 0.5) is 0 Å². The van der Waals surface area contributed by atoms with Gasteiger partial charge in [-0.15, -0.1) is 0 Å². The normalized spacial score (nSPS) is 22.7. The van der Waals surface area contributed by atoms with Crippen molar-refractivity contribution in [2.24, 2.45) is 5.73 Å². The SMILES string of the molecule is CCCC(C)(N)C(=O)N1CCN(CC(=O)N2CCCC2)CC1. The van der Waals surface area contributed by atoms with Gasteiger partial charge in [-0.2, -0.15) is 0 Å². The van der Waals surface area contributed by atoms with E-state index in [1.54, 1.807) is 0 Å². The lowest BCUT2D eigenvalue weighted by atomic mass is 9.95. The van der Waals surface area contributed by atoms with Gasteiger partial charge >= 0.3 is 0 Å². The number of piperazine rings is 1. The third kappa shape index (κ3) is 4.20. The van der Waals surface area contributed by atoms with E-state index in [2.05, 4.69) is 4.90 Å². The lowest BCUT2D eigenvalue weighted by Crippen LogP contribution is -2.58. The second-order valence-electron chi connectivity index (χ2n) is 6.82. The lowest BCUT2D eigenvalue weighted by molar-refractivity contribution is -0.139. The van der Waals surface area contributed by atoms with Gasteiger partial charge in [-0.05, 0) is 26.2 Å². The molecule has 0 radical (unpaired) electrons. The van der Waals surface area contributed by atoms with E-state index in [-0.39, 0.29) is 11.8 Å². The first kappa shape index (κ1) is 17.2. The third-order valence-electron chi connectivity index (χ3n) is 4.74. The molecule has 0 aromatic carbocycles. The summed E-state index contributed by atoms with van der Waals surface area (Å²) in [5.74, 6) is 0.270. The molecule has 126 valence electrons. The molecule has 0 aromatic rings. The summed E-state index contributed by atoms with van der Waals surface area (Å²) >= 11 is 0. The van der Waals surface area contributed by atoms with E-state index in [1.807, 2.05) is 23.6 Å². The van der Waals surface area contributed by atoms with Crippen LogP contribution in [0.2, 0.25) is 0 Å². The second-order valence-corrected chi connectivity index (χ2v) is 6.82. The van der Waals surface area contributed by atoms with Gasteiger partial charge < -0.3 is 15.5 Å². The van der Waals surface area contributed by atoms with Crippen LogP contribution in [-0.2, 0) is 9.59 Å². The zero-order valence-electron chi connectivity index (χ0n) is 14.0. The molecule has 2 aliphatic heterocycles. The molecule has 6 heteroatoms. The van der Waals surface area contributed by atoms with E-state index < -0.39 is 5.54 Å². The third-order valence-corrected chi connectivity index (χ3v) is 4.74. The second kappa shape index (κ2) is 7.42. The predicted molar refractivity (Wildman–Crippen MR) is 86.3 cm³/mol. The molecule has 0 spiro atoms. The summed E-state index contributed by atoms with van der Waals surface area (Å²) in [6.07, 6.45) is 3.86. The van der Waals surface area contributed by atoms with Gasteiger partial charge in [0, 0.05) is 39.3 Å². The number of carbonyl (C=O) groups is 2. The van der Waals surface area contributed by atoms with Crippen molar-refractivity contribution in [2.45, 2.75) is 45.1 Å². The maximum atomic E-state index is 12.5. The number of rotatable bonds is 5. The molecule has 1 atom stereocenters. The van der Waals surface area contributed by atoms with Crippen molar-refractivity contribution in [1.82, 2.24) is 14.7 Å². The van der Waals surface area contributed by atoms with Crippen molar-refractivity contribution in [3.8, 4) is 0 Å². The molecular weight excluding hydrogens is 280 g/mol. The van der Waals surface area contributed by atoms with Gasteiger partial charge in [-0.25, -0.2) is 0 Å². The van der Waals surface area contributed by atoms with E-state index in [1.165, 1.54) is 0 Å². The zero-order valence-corrected chi connectivity index (χ0v) is 14.0. The van der Waals surface area contributed by atoms with Crippen LogP contribution in [0.3, 0.4) is 0 Å². The highest BCUT2D eigenvalue weighted by Gasteiger charge is 2.33. The first-order chi connectivity index (χ1) is 10.4. The summed E-state index contributed by atoms with van der Waals surface area (Å²) in [4.78, 5) is 30.6. The van der Waals surface area contributed by atoms with Crippen molar-refractivity contribution < 1.29 is 9.59 Å². The smallest absolute Gasteiger partial charge is 0.242 e. The minimum Gasteiger partial charge on any atom is -0.342 e. The van der Waals surface area contributed by atoms with Crippen LogP contribution in [-0.4, -0.2) is 77.9 Å². The summed E-state index contributed by atoms with van der Waals surface area (Å²) in [6.45, 7) is 9.01. The van der Waals surface area contributed by atoms with E-state index >= 15 is 0 Å². The molecule has 0 aliphatic carbocycles. The Bertz CT molecular complexity index is 397. The molecular formula is C16H30N4O2. The number of likely N-dealkylation sites (tertiary alicyclic amines) is 1. The Morgan fingerprint density at radius 3 is 2.14 bits per heavy atom. The molecule has 1 unspecified atom stereocenters. The Hall–Kier alpha value is -1.14. The molecule has 2 amide bonds. The van der Waals surface area contributed by atoms with Gasteiger partial charge in [0.2, 0.25) is 11.8 Å². The zero-order chi connectivity index (χ0) is 16.2. The van der Waals surface area contributed by atoms with Gasteiger partial charge in [0.1, 0.15) is 0 Å². The van der Waals surface area contributed by atoms with Crippen molar-refractivity contribution in [1.29, 1.82) is 0 Å². The Balaban J connectivity index is 1.77. The maximum Gasteiger partial charge on any atom is 0.242 e. The fourth-order valence-electron chi connectivity index (χ4n) is 3.35. The van der Waals surface area contributed by atoms with Crippen molar-refractivity contribution in [2.75, 3.05) is 45.8 Å². The molecule has 0 saturated carbocycles. The highest BCUT2D eigenvalue weighted by molar-refractivity contribution is 5.85. The Morgan fingerprint density at radius 1 is 1.00 bits per heavy atom. The largest absolute Gasteiger partial charge is 0.342 e. The quantitative estimate of drug-likeness (QED) is 0.791. The molecule has 2 fully saturated rings. The summed E-state index contributed by atoms with van der Waals surface area (Å²) in [6, 6.07) is 0. The van der Waals surface area contributed by atoms with Crippen LogP contribution >= 0.6 is 0 Å². The van der Waals surface area contributed by atoms with Gasteiger partial charge in [0.05, 0.1) is 12.1 Å². The topological polar surface area (TPSA) is 69.9 Å². The van der Waals surface area contributed by atoms with Gasteiger partial charge in [-0.1, -0.05) is 13.3 Å². The lowest BCUT2D eigenvalue weighted by Gasteiger charge is -2.38. The Morgan fingerprint density at radius 2 is 1.59 bits per heavy atom. The monoisotopic (exact) mass is 310 g/mol. The maximum absolute atomic E-state index is 12.5. The molecule has 22 heavy (non-hydrogen) atoms. The van der Waals surface area contributed by atoms with Crippen molar-refractivity contribution in [3.63, 3.8) is 0 Å². The molecule has 6 nitrogen and oxygen atoms in total. The molecule has 0 bridgehead atoms. The summed E-state index contributed by atoms with van der Waals surface area (Å²) in [5.41, 5.74) is 5.37. The van der Waals surface area contributed by atoms with Crippen LogP contribution in [0.1, 0.15) is 39.5 Å². The Labute approximate surface area is 133 Å². The molecule has 2 saturated heterocycles. The number of nitrogens with two attached hydrogens (primary N) is 1. The predicted octanol–water partition coefficient (Wildman–Crippen LogP) is 0.271. The summed E-state index contributed by atoms with van der Waals surface area (Å²) in [5, 5.41) is 0. The van der Waals surface area contributed by atoms with E-state index in [4.69, 9.17) is 5.73 Å². The van der Waals surface area contributed by atoms with Gasteiger partial charge in [0.25, 0.3) is 0 Å². The van der Waals surface area contributed by atoms with E-state index in [0.29, 0.717) is 26.1 Å². The number of nitrogens with zero attached hydrogens (tertiary/aromatic N) is 3. The molecule has 2 rings (SSSR count). The highest BCUT2D eigenvalue weighted by Crippen LogP contribution is 2.15. The van der Waals surface area contributed by atoms with E-state index in [0.717, 1.165) is 45.4 Å². The average Bonchev–Trinajstić information content (AvgIpc) is 3.01. The standard InChI is InChI=1S/C16H30N4O2/c1-3-6-16(2,17)15(22)20-11-9-18(10-12-20)13-14(21)19-7-4-5-8-19/h3-13,17H2,1-2H3. The van der Waals surface area contributed by atoms with Gasteiger partial charge in [0.15, 0.2) is 0 Å².